The van der Waals surface area contributed by atoms with Gasteiger partial charge in [0.2, 0.25) is 5.91 Å². The van der Waals surface area contributed by atoms with Crippen molar-refractivity contribution in [2.45, 2.75) is 25.9 Å². The van der Waals surface area contributed by atoms with Gasteiger partial charge in [0.15, 0.2) is 0 Å². The van der Waals surface area contributed by atoms with Crippen molar-refractivity contribution in [1.82, 2.24) is 14.8 Å². The summed E-state index contributed by atoms with van der Waals surface area (Å²) in [6.07, 6.45) is 2.51. The fourth-order valence-electron chi connectivity index (χ4n) is 3.80. The molecular weight excluding hydrogens is 398 g/mol. The minimum Gasteiger partial charge on any atom is -0.338 e. The molecule has 1 N–H and O–H groups in total. The van der Waals surface area contributed by atoms with Crippen LogP contribution < -0.4 is 5.56 Å². The third-order valence-electron chi connectivity index (χ3n) is 5.37. The number of amides is 2. The third kappa shape index (κ3) is 4.21. The van der Waals surface area contributed by atoms with Crippen molar-refractivity contribution in [3.8, 4) is 0 Å². The van der Waals surface area contributed by atoms with E-state index >= 15 is 0 Å². The minimum atomic E-state index is -0.378. The van der Waals surface area contributed by atoms with E-state index in [9.17, 15) is 14.4 Å². The molecule has 0 saturated carbocycles. The van der Waals surface area contributed by atoms with Gasteiger partial charge in [-0.25, -0.2) is 0 Å². The minimum absolute atomic E-state index is 0.0587. The first kappa shape index (κ1) is 20.1. The van der Waals surface area contributed by atoms with Crippen LogP contribution in [0.3, 0.4) is 0 Å². The highest BCUT2D eigenvalue weighted by Crippen LogP contribution is 2.22. The van der Waals surface area contributed by atoms with Crippen LogP contribution in [0.1, 0.15) is 31.9 Å². The molecule has 0 fully saturated rings. The average molecular weight is 422 g/mol. The Kier molecular flexibility index (Phi) is 5.81. The molecule has 0 atom stereocenters. The number of pyridine rings is 1. The molecule has 1 aliphatic rings. The Balaban J connectivity index is 1.53. The molecule has 0 spiro atoms. The number of nitrogens with one attached hydrogen (secondary N) is 1. The van der Waals surface area contributed by atoms with Crippen molar-refractivity contribution in [3.05, 3.63) is 91.5 Å². The van der Waals surface area contributed by atoms with Crippen molar-refractivity contribution < 1.29 is 9.59 Å². The van der Waals surface area contributed by atoms with E-state index in [-0.39, 0.29) is 22.9 Å². The first-order valence-corrected chi connectivity index (χ1v) is 10.7. The number of benzene rings is 1. The summed E-state index contributed by atoms with van der Waals surface area (Å²) in [5.74, 6) is -0.237. The summed E-state index contributed by atoms with van der Waals surface area (Å²) in [4.78, 5) is 45.4. The Hall–Kier alpha value is -3.19. The van der Waals surface area contributed by atoms with Gasteiger partial charge in [0, 0.05) is 37.8 Å². The van der Waals surface area contributed by atoms with Crippen molar-refractivity contribution in [3.63, 3.8) is 0 Å². The molecule has 6 nitrogen and oxygen atoms in total. The summed E-state index contributed by atoms with van der Waals surface area (Å²) >= 11 is 1.57. The van der Waals surface area contributed by atoms with Crippen LogP contribution in [-0.2, 0) is 30.7 Å². The summed E-state index contributed by atoms with van der Waals surface area (Å²) in [5.41, 5.74) is 2.40. The lowest BCUT2D eigenvalue weighted by Crippen LogP contribution is -2.40. The van der Waals surface area contributed by atoms with Crippen LogP contribution in [0.15, 0.2) is 58.8 Å². The highest BCUT2D eigenvalue weighted by Gasteiger charge is 2.28. The second kappa shape index (κ2) is 8.67. The molecule has 3 heterocycles. The maximum atomic E-state index is 13.1. The van der Waals surface area contributed by atoms with Crippen molar-refractivity contribution in [2.24, 2.45) is 0 Å². The maximum Gasteiger partial charge on any atom is 0.261 e. The summed E-state index contributed by atoms with van der Waals surface area (Å²) in [6, 6.07) is 13.6. The van der Waals surface area contributed by atoms with E-state index in [1.807, 2.05) is 47.8 Å². The number of carbonyl (C=O) groups excluding carboxylic acids is 2. The van der Waals surface area contributed by atoms with Crippen LogP contribution in [0.5, 0.6) is 0 Å². The number of aromatic nitrogens is 1. The number of fused-ring (bicyclic) bond motifs is 1. The lowest BCUT2D eigenvalue weighted by atomic mass is 9.96. The number of carbonyl (C=O) groups is 2. The summed E-state index contributed by atoms with van der Waals surface area (Å²) in [7, 11) is 1.70. The predicted molar refractivity (Wildman–Crippen MR) is 116 cm³/mol. The van der Waals surface area contributed by atoms with Gasteiger partial charge in [-0.3, -0.25) is 14.4 Å². The zero-order chi connectivity index (χ0) is 21.1. The Morgan fingerprint density at radius 1 is 1.17 bits per heavy atom. The molecule has 30 heavy (non-hydrogen) atoms. The molecule has 3 aromatic rings. The number of hydrogen-bond donors (Lipinski definition) is 1. The molecule has 1 aliphatic heterocycles. The van der Waals surface area contributed by atoms with Gasteiger partial charge < -0.3 is 14.8 Å². The molecule has 154 valence electrons. The molecular formula is C23H23N3O3S. The fraction of sp³-hybridized carbons (Fsp3) is 0.261. The number of hydrogen-bond acceptors (Lipinski definition) is 4. The maximum absolute atomic E-state index is 13.1. The summed E-state index contributed by atoms with van der Waals surface area (Å²) in [5, 5.41) is 1.96. The van der Waals surface area contributed by atoms with E-state index in [1.54, 1.807) is 34.4 Å². The van der Waals surface area contributed by atoms with Crippen LogP contribution in [-0.4, -0.2) is 40.2 Å². The standard InChI is InChI=1S/C23H23N3O3S/c1-25(14-16-6-3-2-4-7-16)23(29)21-19-9-10-26(15-17(19)13-24-22(21)28)20(27)12-18-8-5-11-30-18/h2-8,11,13H,9-10,12,14-15H2,1H3,(H,24,28). The fourth-order valence-corrected chi connectivity index (χ4v) is 4.50. The van der Waals surface area contributed by atoms with Crippen LogP contribution in [0.25, 0.3) is 0 Å². The topological polar surface area (TPSA) is 73.5 Å². The smallest absolute Gasteiger partial charge is 0.261 e. The van der Waals surface area contributed by atoms with Crippen molar-refractivity contribution >= 4 is 23.2 Å². The lowest BCUT2D eigenvalue weighted by Gasteiger charge is -2.30. The Morgan fingerprint density at radius 3 is 2.70 bits per heavy atom. The van der Waals surface area contributed by atoms with Gasteiger partial charge in [-0.1, -0.05) is 36.4 Å². The molecule has 2 aromatic heterocycles. The van der Waals surface area contributed by atoms with Crippen LogP contribution in [0.2, 0.25) is 0 Å². The van der Waals surface area contributed by atoms with E-state index in [1.165, 1.54) is 0 Å². The second-order valence-corrected chi connectivity index (χ2v) is 8.50. The summed E-state index contributed by atoms with van der Waals surface area (Å²) in [6.45, 7) is 1.33. The van der Waals surface area contributed by atoms with Gasteiger partial charge in [-0.15, -0.1) is 11.3 Å². The molecule has 0 saturated heterocycles. The van der Waals surface area contributed by atoms with E-state index < -0.39 is 0 Å². The van der Waals surface area contributed by atoms with Crippen LogP contribution in [0, 0.1) is 0 Å². The van der Waals surface area contributed by atoms with Gasteiger partial charge in [-0.2, -0.15) is 0 Å². The van der Waals surface area contributed by atoms with E-state index in [2.05, 4.69) is 4.98 Å². The van der Waals surface area contributed by atoms with Crippen molar-refractivity contribution in [2.75, 3.05) is 13.6 Å². The van der Waals surface area contributed by atoms with E-state index in [4.69, 9.17) is 0 Å². The molecule has 0 bridgehead atoms. The van der Waals surface area contributed by atoms with E-state index in [0.717, 1.165) is 21.6 Å². The van der Waals surface area contributed by atoms with Crippen LogP contribution >= 0.6 is 11.3 Å². The van der Waals surface area contributed by atoms with E-state index in [0.29, 0.717) is 32.5 Å². The van der Waals surface area contributed by atoms with Crippen molar-refractivity contribution in [1.29, 1.82) is 0 Å². The monoisotopic (exact) mass is 421 g/mol. The van der Waals surface area contributed by atoms with Gasteiger partial charge in [0.1, 0.15) is 5.56 Å². The highest BCUT2D eigenvalue weighted by molar-refractivity contribution is 7.10. The number of H-pyrrole nitrogens is 1. The predicted octanol–water partition coefficient (Wildman–Crippen LogP) is 2.84. The zero-order valence-corrected chi connectivity index (χ0v) is 17.6. The molecule has 0 radical (unpaired) electrons. The number of nitrogens with zero attached hydrogens (tertiary/aromatic N) is 2. The molecule has 0 unspecified atom stereocenters. The normalized spacial score (nSPS) is 13.0. The Labute approximate surface area is 178 Å². The van der Waals surface area contributed by atoms with Gasteiger partial charge >= 0.3 is 0 Å². The first-order chi connectivity index (χ1) is 14.5. The van der Waals surface area contributed by atoms with Gasteiger partial charge in [-0.05, 0) is 34.6 Å². The summed E-state index contributed by atoms with van der Waals surface area (Å²) < 4.78 is 0. The molecule has 2 amide bonds. The van der Waals surface area contributed by atoms with Crippen LogP contribution in [0.4, 0.5) is 0 Å². The number of rotatable bonds is 5. The molecule has 4 rings (SSSR count). The largest absolute Gasteiger partial charge is 0.338 e. The highest BCUT2D eigenvalue weighted by atomic mass is 32.1. The second-order valence-electron chi connectivity index (χ2n) is 7.46. The average Bonchev–Trinajstić information content (AvgIpc) is 3.26. The van der Waals surface area contributed by atoms with Gasteiger partial charge in [0.05, 0.1) is 6.42 Å². The molecule has 7 heteroatoms. The number of thiophene rings is 1. The quantitative estimate of drug-likeness (QED) is 0.689. The Bertz CT molecular complexity index is 1110. The first-order valence-electron chi connectivity index (χ1n) is 9.86. The Morgan fingerprint density at radius 2 is 1.97 bits per heavy atom. The SMILES string of the molecule is CN(Cc1ccccc1)C(=O)c1c2c(c[nH]c1=O)CN(C(=O)Cc1cccs1)CC2. The number of aromatic amines is 1. The lowest BCUT2D eigenvalue weighted by molar-refractivity contribution is -0.131. The zero-order valence-electron chi connectivity index (χ0n) is 16.8. The van der Waals surface area contributed by atoms with Gasteiger partial charge in [0.25, 0.3) is 11.5 Å². The third-order valence-corrected chi connectivity index (χ3v) is 6.24. The molecule has 0 aliphatic carbocycles. The molecule has 1 aromatic carbocycles.